The van der Waals surface area contributed by atoms with Crippen molar-refractivity contribution in [1.82, 2.24) is 5.32 Å². The Bertz CT molecular complexity index is 707. The Labute approximate surface area is 157 Å². The van der Waals surface area contributed by atoms with Gasteiger partial charge in [-0.25, -0.2) is 0 Å². The number of hydrogen-bond acceptors (Lipinski definition) is 3. The van der Waals surface area contributed by atoms with Gasteiger partial charge in [-0.05, 0) is 59.0 Å². The van der Waals surface area contributed by atoms with Crippen LogP contribution in [0.4, 0.5) is 5.69 Å². The van der Waals surface area contributed by atoms with Crippen molar-refractivity contribution < 1.29 is 9.21 Å². The third-order valence-corrected chi connectivity index (χ3v) is 5.29. The summed E-state index contributed by atoms with van der Waals surface area (Å²) in [6, 6.07) is 11.7. The lowest BCUT2D eigenvalue weighted by Gasteiger charge is -2.19. The zero-order valence-electron chi connectivity index (χ0n) is 14.6. The molecule has 1 aliphatic carbocycles. The lowest BCUT2D eigenvalue weighted by Crippen LogP contribution is -2.28. The molecule has 2 aromatic rings. The van der Waals surface area contributed by atoms with Crippen LogP contribution in [0.5, 0.6) is 0 Å². The summed E-state index contributed by atoms with van der Waals surface area (Å²) in [5.74, 6) is 0.927. The number of amides is 1. The number of furan rings is 1. The smallest absolute Gasteiger partial charge is 0.291 e. The van der Waals surface area contributed by atoms with Gasteiger partial charge >= 0.3 is 0 Å². The van der Waals surface area contributed by atoms with Crippen LogP contribution in [0, 0.1) is 5.92 Å². The maximum atomic E-state index is 12.3. The van der Waals surface area contributed by atoms with Crippen molar-refractivity contribution in [2.45, 2.75) is 51.6 Å². The summed E-state index contributed by atoms with van der Waals surface area (Å²) < 4.78 is 5.87. The van der Waals surface area contributed by atoms with E-state index in [-0.39, 0.29) is 5.91 Å². The van der Waals surface area contributed by atoms with E-state index >= 15 is 0 Å². The normalized spacial score (nSPS) is 16.1. The third-order valence-electron chi connectivity index (χ3n) is 4.87. The third kappa shape index (κ3) is 5.19. The molecule has 1 atom stereocenters. The fraction of sp³-hybridized carbons (Fsp3) is 0.450. The molecule has 1 aromatic heterocycles. The SMILES string of the molecule is C[C@@H](CC1CCCC1)NCc1ccccc1NC(=O)c1ccc(Br)o1. The van der Waals surface area contributed by atoms with Gasteiger partial charge in [-0.15, -0.1) is 0 Å². The molecule has 0 radical (unpaired) electrons. The molecule has 2 N–H and O–H groups in total. The molecule has 4 nitrogen and oxygen atoms in total. The number of halogens is 1. The van der Waals surface area contributed by atoms with Crippen molar-refractivity contribution in [2.75, 3.05) is 5.32 Å². The first-order chi connectivity index (χ1) is 12.1. The number of benzene rings is 1. The molecule has 0 saturated heterocycles. The van der Waals surface area contributed by atoms with Gasteiger partial charge in [0.2, 0.25) is 0 Å². The minimum Gasteiger partial charge on any atom is -0.444 e. The standard InChI is InChI=1S/C20H25BrN2O2/c1-14(12-15-6-2-3-7-15)22-13-16-8-4-5-9-17(16)23-20(24)18-10-11-19(21)25-18/h4-5,8-11,14-15,22H,2-3,6-7,12-13H2,1H3,(H,23,24)/t14-/m0/s1. The highest BCUT2D eigenvalue weighted by Crippen LogP contribution is 2.28. The number of carbonyl (C=O) groups excluding carboxylic acids is 1. The second-order valence-electron chi connectivity index (χ2n) is 6.88. The van der Waals surface area contributed by atoms with E-state index < -0.39 is 0 Å². The number of rotatable bonds is 7. The van der Waals surface area contributed by atoms with Gasteiger partial charge in [-0.1, -0.05) is 43.9 Å². The van der Waals surface area contributed by atoms with Gasteiger partial charge in [-0.3, -0.25) is 4.79 Å². The Balaban J connectivity index is 1.57. The fourth-order valence-electron chi connectivity index (χ4n) is 3.53. The zero-order chi connectivity index (χ0) is 17.6. The quantitative estimate of drug-likeness (QED) is 0.653. The summed E-state index contributed by atoms with van der Waals surface area (Å²) >= 11 is 3.22. The predicted molar refractivity (Wildman–Crippen MR) is 104 cm³/mol. The number of carbonyl (C=O) groups is 1. The van der Waals surface area contributed by atoms with E-state index in [2.05, 4.69) is 33.5 Å². The Hall–Kier alpha value is -1.59. The van der Waals surface area contributed by atoms with Crippen LogP contribution in [0.2, 0.25) is 0 Å². The van der Waals surface area contributed by atoms with Gasteiger partial charge < -0.3 is 15.1 Å². The first-order valence-corrected chi connectivity index (χ1v) is 9.79. The van der Waals surface area contributed by atoms with Gasteiger partial charge in [-0.2, -0.15) is 0 Å². The highest BCUT2D eigenvalue weighted by Gasteiger charge is 2.18. The minimum absolute atomic E-state index is 0.239. The van der Waals surface area contributed by atoms with E-state index in [1.165, 1.54) is 32.1 Å². The van der Waals surface area contributed by atoms with E-state index in [0.717, 1.165) is 23.7 Å². The summed E-state index contributed by atoms with van der Waals surface area (Å²) in [5.41, 5.74) is 1.90. The Morgan fingerprint density at radius 2 is 2.00 bits per heavy atom. The van der Waals surface area contributed by atoms with Gasteiger partial charge in [0, 0.05) is 18.3 Å². The predicted octanol–water partition coefficient (Wildman–Crippen LogP) is 5.35. The molecule has 0 aliphatic heterocycles. The number of anilines is 1. The van der Waals surface area contributed by atoms with Crippen molar-refractivity contribution in [2.24, 2.45) is 5.92 Å². The van der Waals surface area contributed by atoms with E-state index in [0.29, 0.717) is 16.5 Å². The summed E-state index contributed by atoms with van der Waals surface area (Å²) in [4.78, 5) is 12.3. The Morgan fingerprint density at radius 3 is 2.72 bits per heavy atom. The summed E-state index contributed by atoms with van der Waals surface area (Å²) in [6.07, 6.45) is 6.74. The molecule has 25 heavy (non-hydrogen) atoms. The molecule has 0 unspecified atom stereocenters. The van der Waals surface area contributed by atoms with Crippen LogP contribution in [0.3, 0.4) is 0 Å². The van der Waals surface area contributed by atoms with Gasteiger partial charge in [0.25, 0.3) is 5.91 Å². The highest BCUT2D eigenvalue weighted by atomic mass is 79.9. The Kier molecular flexibility index (Phi) is 6.32. The average molecular weight is 405 g/mol. The van der Waals surface area contributed by atoms with E-state index in [1.807, 2.05) is 24.3 Å². The number of hydrogen-bond donors (Lipinski definition) is 2. The molecule has 0 spiro atoms. The molecule has 1 fully saturated rings. The molecule has 5 heteroatoms. The van der Waals surface area contributed by atoms with Crippen molar-refractivity contribution >= 4 is 27.5 Å². The van der Waals surface area contributed by atoms with Gasteiger partial charge in [0.1, 0.15) is 0 Å². The first-order valence-electron chi connectivity index (χ1n) is 9.00. The fourth-order valence-corrected chi connectivity index (χ4v) is 3.84. The minimum atomic E-state index is -0.239. The van der Waals surface area contributed by atoms with E-state index in [1.54, 1.807) is 12.1 Å². The molecular formula is C20H25BrN2O2. The van der Waals surface area contributed by atoms with Crippen LogP contribution < -0.4 is 10.6 Å². The summed E-state index contributed by atoms with van der Waals surface area (Å²) in [5, 5.41) is 6.54. The second-order valence-corrected chi connectivity index (χ2v) is 7.66. The molecule has 1 amide bonds. The molecular weight excluding hydrogens is 380 g/mol. The zero-order valence-corrected chi connectivity index (χ0v) is 16.1. The number of para-hydroxylation sites is 1. The first kappa shape index (κ1) is 18.2. The van der Waals surface area contributed by atoms with Crippen LogP contribution in [-0.4, -0.2) is 11.9 Å². The van der Waals surface area contributed by atoms with Crippen LogP contribution in [-0.2, 0) is 6.54 Å². The molecule has 1 aromatic carbocycles. The molecule has 1 aliphatic rings. The van der Waals surface area contributed by atoms with Gasteiger partial charge in [0.15, 0.2) is 10.4 Å². The Morgan fingerprint density at radius 1 is 1.24 bits per heavy atom. The molecule has 3 rings (SSSR count). The van der Waals surface area contributed by atoms with Crippen LogP contribution in [0.1, 0.15) is 55.1 Å². The lowest BCUT2D eigenvalue weighted by atomic mass is 9.99. The van der Waals surface area contributed by atoms with Crippen LogP contribution in [0.15, 0.2) is 45.5 Å². The maximum Gasteiger partial charge on any atom is 0.291 e. The van der Waals surface area contributed by atoms with Crippen molar-refractivity contribution in [3.63, 3.8) is 0 Å². The topological polar surface area (TPSA) is 54.3 Å². The van der Waals surface area contributed by atoms with E-state index in [4.69, 9.17) is 4.42 Å². The van der Waals surface area contributed by atoms with E-state index in [9.17, 15) is 4.79 Å². The van der Waals surface area contributed by atoms with Crippen molar-refractivity contribution in [3.8, 4) is 0 Å². The largest absolute Gasteiger partial charge is 0.444 e. The molecule has 0 bridgehead atoms. The number of nitrogens with one attached hydrogen (secondary N) is 2. The van der Waals surface area contributed by atoms with Crippen LogP contribution in [0.25, 0.3) is 0 Å². The summed E-state index contributed by atoms with van der Waals surface area (Å²) in [6.45, 7) is 2.99. The highest BCUT2D eigenvalue weighted by molar-refractivity contribution is 9.10. The average Bonchev–Trinajstić information content (AvgIpc) is 3.25. The molecule has 1 saturated carbocycles. The van der Waals surface area contributed by atoms with Gasteiger partial charge in [0.05, 0.1) is 0 Å². The molecule has 1 heterocycles. The summed E-state index contributed by atoms with van der Waals surface area (Å²) in [7, 11) is 0. The van der Waals surface area contributed by atoms with Crippen molar-refractivity contribution in [1.29, 1.82) is 0 Å². The monoisotopic (exact) mass is 404 g/mol. The lowest BCUT2D eigenvalue weighted by molar-refractivity contribution is 0.0995. The maximum absolute atomic E-state index is 12.3. The second kappa shape index (κ2) is 8.68. The van der Waals surface area contributed by atoms with Crippen molar-refractivity contribution in [3.05, 3.63) is 52.4 Å². The molecule has 134 valence electrons. The van der Waals surface area contributed by atoms with Crippen LogP contribution >= 0.6 is 15.9 Å².